The van der Waals surface area contributed by atoms with Crippen molar-refractivity contribution < 1.29 is 23.9 Å². The molecule has 0 heterocycles. The first-order chi connectivity index (χ1) is 20.7. The molecule has 4 rings (SSSR count). The minimum atomic E-state index is -0.518. The van der Waals surface area contributed by atoms with Crippen LogP contribution in [0.25, 0.3) is 6.08 Å². The Bertz CT molecular complexity index is 1640. The number of carbonyl (C=O) groups excluding carboxylic acids is 3. The second-order valence-electron chi connectivity index (χ2n) is 9.27. The topological polar surface area (TPSA) is 106 Å². The summed E-state index contributed by atoms with van der Waals surface area (Å²) in [5.74, 6) is 0.0993. The summed E-state index contributed by atoms with van der Waals surface area (Å²) in [6.45, 7) is 1.89. The van der Waals surface area contributed by atoms with E-state index in [0.29, 0.717) is 39.0 Å². The SMILES string of the molecule is COc1ccc(/C=C(\NC(=O)c2ccccc2)C(=O)Nc2ccc(SCC(=O)Nc3ccc(C)c(Cl)c3)cc2)cc1OC. The van der Waals surface area contributed by atoms with Gasteiger partial charge in [-0.15, -0.1) is 11.8 Å². The van der Waals surface area contributed by atoms with Crippen molar-refractivity contribution in [2.45, 2.75) is 11.8 Å². The molecular formula is C33H30ClN3O5S. The molecule has 0 aromatic heterocycles. The van der Waals surface area contributed by atoms with E-state index >= 15 is 0 Å². The number of nitrogens with one attached hydrogen (secondary N) is 3. The van der Waals surface area contributed by atoms with Crippen molar-refractivity contribution in [2.24, 2.45) is 0 Å². The summed E-state index contributed by atoms with van der Waals surface area (Å²) in [5, 5.41) is 8.97. The predicted molar refractivity (Wildman–Crippen MR) is 172 cm³/mol. The van der Waals surface area contributed by atoms with Crippen LogP contribution in [0.5, 0.6) is 11.5 Å². The maximum Gasteiger partial charge on any atom is 0.272 e. The first-order valence-corrected chi connectivity index (χ1v) is 14.5. The molecular weight excluding hydrogens is 586 g/mol. The lowest BCUT2D eigenvalue weighted by Gasteiger charge is -2.13. The van der Waals surface area contributed by atoms with E-state index in [1.807, 2.05) is 13.0 Å². The van der Waals surface area contributed by atoms with Gasteiger partial charge in [-0.25, -0.2) is 0 Å². The van der Waals surface area contributed by atoms with Gasteiger partial charge in [0.15, 0.2) is 11.5 Å². The van der Waals surface area contributed by atoms with E-state index in [1.54, 1.807) is 91.0 Å². The lowest BCUT2D eigenvalue weighted by molar-refractivity contribution is -0.114. The molecule has 10 heteroatoms. The number of anilines is 2. The van der Waals surface area contributed by atoms with E-state index in [-0.39, 0.29) is 17.4 Å². The van der Waals surface area contributed by atoms with Gasteiger partial charge in [0, 0.05) is 26.9 Å². The molecule has 0 unspecified atom stereocenters. The molecule has 0 atom stereocenters. The van der Waals surface area contributed by atoms with Crippen molar-refractivity contribution in [1.82, 2.24) is 5.32 Å². The zero-order valence-electron chi connectivity index (χ0n) is 23.8. The minimum absolute atomic E-state index is 0.0346. The quantitative estimate of drug-likeness (QED) is 0.126. The summed E-state index contributed by atoms with van der Waals surface area (Å²) in [7, 11) is 3.05. The van der Waals surface area contributed by atoms with Gasteiger partial charge in [-0.3, -0.25) is 14.4 Å². The Morgan fingerprint density at radius 3 is 2.19 bits per heavy atom. The highest BCUT2D eigenvalue weighted by atomic mass is 35.5. The van der Waals surface area contributed by atoms with Gasteiger partial charge in [-0.05, 0) is 84.8 Å². The summed E-state index contributed by atoms with van der Waals surface area (Å²) in [6.07, 6.45) is 1.56. The summed E-state index contributed by atoms with van der Waals surface area (Å²) in [6, 6.07) is 26.2. The molecule has 0 bridgehead atoms. The van der Waals surface area contributed by atoms with E-state index in [0.717, 1.165) is 10.5 Å². The first kappa shape index (κ1) is 31.2. The third-order valence-corrected chi connectivity index (χ3v) is 7.60. The zero-order valence-corrected chi connectivity index (χ0v) is 25.3. The number of benzene rings is 4. The third-order valence-electron chi connectivity index (χ3n) is 6.19. The molecule has 0 saturated heterocycles. The van der Waals surface area contributed by atoms with Gasteiger partial charge in [0.05, 0.1) is 20.0 Å². The Hall–Kier alpha value is -4.73. The Morgan fingerprint density at radius 2 is 1.51 bits per heavy atom. The lowest BCUT2D eigenvalue weighted by atomic mass is 10.1. The van der Waals surface area contributed by atoms with Gasteiger partial charge in [-0.2, -0.15) is 0 Å². The van der Waals surface area contributed by atoms with Crippen molar-refractivity contribution >= 4 is 58.5 Å². The van der Waals surface area contributed by atoms with Gasteiger partial charge in [0.2, 0.25) is 5.91 Å². The van der Waals surface area contributed by atoms with E-state index in [4.69, 9.17) is 21.1 Å². The van der Waals surface area contributed by atoms with Gasteiger partial charge in [-0.1, -0.05) is 41.9 Å². The molecule has 8 nitrogen and oxygen atoms in total. The summed E-state index contributed by atoms with van der Waals surface area (Å²) in [4.78, 5) is 39.5. The monoisotopic (exact) mass is 615 g/mol. The number of aryl methyl sites for hydroxylation is 1. The molecule has 220 valence electrons. The van der Waals surface area contributed by atoms with Crippen molar-refractivity contribution in [3.8, 4) is 11.5 Å². The van der Waals surface area contributed by atoms with E-state index in [1.165, 1.54) is 26.0 Å². The van der Waals surface area contributed by atoms with Gasteiger partial charge < -0.3 is 25.4 Å². The van der Waals surface area contributed by atoms with Gasteiger partial charge in [0.25, 0.3) is 11.8 Å². The van der Waals surface area contributed by atoms with Crippen LogP contribution in [0.2, 0.25) is 5.02 Å². The predicted octanol–water partition coefficient (Wildman–Crippen LogP) is 6.81. The van der Waals surface area contributed by atoms with E-state index in [9.17, 15) is 14.4 Å². The average Bonchev–Trinajstić information content (AvgIpc) is 3.02. The Morgan fingerprint density at radius 1 is 0.814 bits per heavy atom. The largest absolute Gasteiger partial charge is 0.493 e. The number of thioether (sulfide) groups is 1. The van der Waals surface area contributed by atoms with Crippen LogP contribution in [0, 0.1) is 6.92 Å². The molecule has 3 N–H and O–H groups in total. The van der Waals surface area contributed by atoms with Crippen LogP contribution in [-0.2, 0) is 9.59 Å². The van der Waals surface area contributed by atoms with Crippen LogP contribution in [0.4, 0.5) is 11.4 Å². The summed E-state index contributed by atoms with van der Waals surface area (Å²) >= 11 is 7.49. The van der Waals surface area contributed by atoms with E-state index in [2.05, 4.69) is 16.0 Å². The molecule has 0 radical (unpaired) electrons. The van der Waals surface area contributed by atoms with Crippen molar-refractivity contribution in [3.05, 3.63) is 118 Å². The van der Waals surface area contributed by atoms with Crippen LogP contribution in [0.3, 0.4) is 0 Å². The highest BCUT2D eigenvalue weighted by Crippen LogP contribution is 2.29. The highest BCUT2D eigenvalue weighted by molar-refractivity contribution is 8.00. The molecule has 3 amide bonds. The molecule has 0 spiro atoms. The highest BCUT2D eigenvalue weighted by Gasteiger charge is 2.16. The first-order valence-electron chi connectivity index (χ1n) is 13.2. The molecule has 0 saturated carbocycles. The number of hydrogen-bond donors (Lipinski definition) is 3. The van der Waals surface area contributed by atoms with Crippen molar-refractivity contribution in [1.29, 1.82) is 0 Å². The van der Waals surface area contributed by atoms with Crippen LogP contribution >= 0.6 is 23.4 Å². The molecule has 0 aliphatic rings. The fraction of sp³-hybridized carbons (Fsp3) is 0.121. The minimum Gasteiger partial charge on any atom is -0.493 e. The lowest BCUT2D eigenvalue weighted by Crippen LogP contribution is -2.30. The number of hydrogen-bond acceptors (Lipinski definition) is 6. The van der Waals surface area contributed by atoms with Crippen molar-refractivity contribution in [3.63, 3.8) is 0 Å². The molecule has 43 heavy (non-hydrogen) atoms. The number of rotatable bonds is 11. The molecule has 0 aliphatic heterocycles. The average molecular weight is 616 g/mol. The molecule has 4 aromatic carbocycles. The third kappa shape index (κ3) is 8.88. The molecule has 4 aromatic rings. The van der Waals surface area contributed by atoms with Crippen molar-refractivity contribution in [2.75, 3.05) is 30.6 Å². The fourth-order valence-electron chi connectivity index (χ4n) is 3.90. The number of methoxy groups -OCH3 is 2. The summed E-state index contributed by atoms with van der Waals surface area (Å²) < 4.78 is 10.7. The van der Waals surface area contributed by atoms with Gasteiger partial charge >= 0.3 is 0 Å². The fourth-order valence-corrected chi connectivity index (χ4v) is 4.78. The van der Waals surface area contributed by atoms with Crippen LogP contribution < -0.4 is 25.4 Å². The van der Waals surface area contributed by atoms with E-state index < -0.39 is 11.8 Å². The molecule has 0 aliphatic carbocycles. The smallest absolute Gasteiger partial charge is 0.272 e. The maximum atomic E-state index is 13.4. The maximum absolute atomic E-state index is 13.4. The van der Waals surface area contributed by atoms with Crippen LogP contribution in [-0.4, -0.2) is 37.7 Å². The Kier molecular flexibility index (Phi) is 10.9. The van der Waals surface area contributed by atoms with Gasteiger partial charge in [0.1, 0.15) is 5.70 Å². The second kappa shape index (κ2) is 14.9. The molecule has 0 fully saturated rings. The number of carbonyl (C=O) groups is 3. The van der Waals surface area contributed by atoms with Crippen LogP contribution in [0.1, 0.15) is 21.5 Å². The summed E-state index contributed by atoms with van der Waals surface area (Å²) in [5.41, 5.74) is 3.14. The normalized spacial score (nSPS) is 10.9. The Labute approximate surface area is 259 Å². The van der Waals surface area contributed by atoms with Crippen LogP contribution in [0.15, 0.2) is 102 Å². The number of ether oxygens (including phenoxy) is 2. The number of halogens is 1. The second-order valence-corrected chi connectivity index (χ2v) is 10.7. The Balaban J connectivity index is 1.44. The number of amides is 3. The zero-order chi connectivity index (χ0) is 30.8. The standard InChI is InChI=1S/C33H30ClN3O5S/c1-21-9-11-25(19-27(21)34)35-31(38)20-43-26-14-12-24(13-15-26)36-33(40)28(37-32(39)23-7-5-4-6-8-23)17-22-10-16-29(41-2)30(18-22)42-3/h4-19H,20H2,1-3H3,(H,35,38)(H,36,40)(H,37,39)/b28-17-.